The second kappa shape index (κ2) is 9.28. The van der Waals surface area contributed by atoms with E-state index in [1.165, 1.54) is 12.7 Å². The van der Waals surface area contributed by atoms with Crippen LogP contribution < -0.4 is 4.72 Å². The molecular weight excluding hydrogens is 412 g/mol. The van der Waals surface area contributed by atoms with Crippen LogP contribution in [0.15, 0.2) is 54.6 Å². The minimum absolute atomic E-state index is 0.0976. The van der Waals surface area contributed by atoms with Gasteiger partial charge in [-0.05, 0) is 42.5 Å². The molecule has 31 heavy (non-hydrogen) atoms. The molecule has 1 heterocycles. The molecule has 4 rings (SSSR count). The molecule has 7 heteroatoms. The first-order valence-corrected chi connectivity index (χ1v) is 12.6. The van der Waals surface area contributed by atoms with Crippen LogP contribution >= 0.6 is 0 Å². The van der Waals surface area contributed by atoms with Gasteiger partial charge in [0.05, 0.1) is 18.0 Å². The number of ether oxygens (including phenoxy) is 1. The van der Waals surface area contributed by atoms with Gasteiger partial charge < -0.3 is 14.7 Å². The molecule has 168 valence electrons. The second-order valence-corrected chi connectivity index (χ2v) is 10.6. The SMILES string of the molecule is COCCS(=O)(=O)Nc1cccc(C2(O)C3CCC2CN(CCc2ccccc2)C3)c1. The molecule has 1 saturated carbocycles. The molecule has 2 N–H and O–H groups in total. The maximum atomic E-state index is 12.2. The van der Waals surface area contributed by atoms with Crippen LogP contribution in [0.5, 0.6) is 0 Å². The van der Waals surface area contributed by atoms with Crippen LogP contribution in [0, 0.1) is 11.8 Å². The molecule has 2 unspecified atom stereocenters. The van der Waals surface area contributed by atoms with E-state index in [4.69, 9.17) is 4.74 Å². The van der Waals surface area contributed by atoms with E-state index >= 15 is 0 Å². The number of nitrogens with one attached hydrogen (secondary N) is 1. The molecule has 0 spiro atoms. The van der Waals surface area contributed by atoms with Crippen molar-refractivity contribution in [2.24, 2.45) is 11.8 Å². The smallest absolute Gasteiger partial charge is 0.234 e. The van der Waals surface area contributed by atoms with Gasteiger partial charge in [0.15, 0.2) is 0 Å². The van der Waals surface area contributed by atoms with Crippen molar-refractivity contribution >= 4 is 15.7 Å². The molecule has 2 bridgehead atoms. The highest BCUT2D eigenvalue weighted by Gasteiger charge is 2.53. The Bertz CT molecular complexity index is 966. The number of nitrogens with zero attached hydrogens (tertiary/aromatic N) is 1. The average Bonchev–Trinajstić information content (AvgIpc) is 2.94. The molecule has 2 aliphatic rings. The number of rotatable bonds is 9. The third kappa shape index (κ3) is 4.95. The molecule has 1 aliphatic heterocycles. The third-order valence-electron chi connectivity index (χ3n) is 6.78. The van der Waals surface area contributed by atoms with Crippen LogP contribution in [0.2, 0.25) is 0 Å². The van der Waals surface area contributed by atoms with E-state index in [-0.39, 0.29) is 24.2 Å². The van der Waals surface area contributed by atoms with Crippen LogP contribution in [0.4, 0.5) is 5.69 Å². The summed E-state index contributed by atoms with van der Waals surface area (Å²) in [6.07, 6.45) is 3.00. The van der Waals surface area contributed by atoms with Gasteiger partial charge in [-0.15, -0.1) is 0 Å². The Morgan fingerprint density at radius 1 is 1.10 bits per heavy atom. The fourth-order valence-electron chi connectivity index (χ4n) is 5.18. The predicted octanol–water partition coefficient (Wildman–Crippen LogP) is 2.85. The van der Waals surface area contributed by atoms with Gasteiger partial charge >= 0.3 is 0 Å². The third-order valence-corrected chi connectivity index (χ3v) is 8.03. The van der Waals surface area contributed by atoms with Gasteiger partial charge in [-0.1, -0.05) is 42.5 Å². The van der Waals surface area contributed by atoms with Crippen molar-refractivity contribution in [3.05, 3.63) is 65.7 Å². The van der Waals surface area contributed by atoms with Gasteiger partial charge in [0.25, 0.3) is 0 Å². The lowest BCUT2D eigenvalue weighted by Gasteiger charge is -2.45. The molecule has 2 aromatic rings. The van der Waals surface area contributed by atoms with E-state index in [1.807, 2.05) is 18.2 Å². The number of methoxy groups -OCH3 is 1. The highest BCUT2D eigenvalue weighted by molar-refractivity contribution is 7.92. The summed E-state index contributed by atoms with van der Waals surface area (Å²) in [5, 5.41) is 11.8. The number of sulfonamides is 1. The summed E-state index contributed by atoms with van der Waals surface area (Å²) >= 11 is 0. The summed E-state index contributed by atoms with van der Waals surface area (Å²) < 4.78 is 32.0. The monoisotopic (exact) mass is 444 g/mol. The lowest BCUT2D eigenvalue weighted by molar-refractivity contribution is -0.0894. The number of hydrogen-bond acceptors (Lipinski definition) is 5. The van der Waals surface area contributed by atoms with E-state index in [2.05, 4.69) is 33.9 Å². The fraction of sp³-hybridized carbons (Fsp3) is 0.500. The van der Waals surface area contributed by atoms with Crippen molar-refractivity contribution in [3.8, 4) is 0 Å². The van der Waals surface area contributed by atoms with E-state index in [0.717, 1.165) is 44.5 Å². The molecule has 2 aromatic carbocycles. The van der Waals surface area contributed by atoms with Gasteiger partial charge in [-0.2, -0.15) is 0 Å². The van der Waals surface area contributed by atoms with Crippen molar-refractivity contribution in [2.45, 2.75) is 24.9 Å². The first kappa shape index (κ1) is 22.3. The minimum atomic E-state index is -3.48. The number of benzene rings is 2. The van der Waals surface area contributed by atoms with Crippen molar-refractivity contribution in [2.75, 3.05) is 43.8 Å². The quantitative estimate of drug-likeness (QED) is 0.622. The number of aliphatic hydroxyl groups is 1. The molecule has 2 atom stereocenters. The minimum Gasteiger partial charge on any atom is -0.384 e. The molecule has 0 radical (unpaired) electrons. The van der Waals surface area contributed by atoms with Gasteiger partial charge in [-0.25, -0.2) is 8.42 Å². The largest absolute Gasteiger partial charge is 0.384 e. The summed E-state index contributed by atoms with van der Waals surface area (Å²) in [7, 11) is -2.00. The molecule has 0 amide bonds. The van der Waals surface area contributed by atoms with Crippen molar-refractivity contribution in [1.29, 1.82) is 0 Å². The average molecular weight is 445 g/mol. The van der Waals surface area contributed by atoms with Gasteiger partial charge in [0.1, 0.15) is 0 Å². The maximum Gasteiger partial charge on any atom is 0.234 e. The zero-order chi connectivity index (χ0) is 21.9. The topological polar surface area (TPSA) is 78.9 Å². The predicted molar refractivity (Wildman–Crippen MR) is 122 cm³/mol. The van der Waals surface area contributed by atoms with Crippen LogP contribution in [0.1, 0.15) is 24.0 Å². The van der Waals surface area contributed by atoms with E-state index in [9.17, 15) is 13.5 Å². The Morgan fingerprint density at radius 2 is 1.81 bits per heavy atom. The molecular formula is C24H32N2O4S. The number of likely N-dealkylation sites (tertiary alicyclic amines) is 1. The van der Waals surface area contributed by atoms with Crippen molar-refractivity contribution in [1.82, 2.24) is 4.90 Å². The Labute approximate surface area is 185 Å². The van der Waals surface area contributed by atoms with Gasteiger partial charge in [-0.3, -0.25) is 4.72 Å². The van der Waals surface area contributed by atoms with Crippen LogP contribution in [-0.2, 0) is 26.8 Å². The zero-order valence-corrected chi connectivity index (χ0v) is 18.9. The van der Waals surface area contributed by atoms with Crippen LogP contribution in [0.3, 0.4) is 0 Å². The molecule has 2 fully saturated rings. The normalized spacial score (nSPS) is 26.1. The lowest BCUT2D eigenvalue weighted by atomic mass is 9.75. The molecule has 6 nitrogen and oxygen atoms in total. The molecule has 1 saturated heterocycles. The Kier molecular flexibility index (Phi) is 6.67. The standard InChI is InChI=1S/C24H32N2O4S/c1-30-14-15-31(28,29)25-23-9-5-8-20(16-23)24(27)21-10-11-22(24)18-26(17-21)13-12-19-6-3-2-4-7-19/h2-9,16,21-22,25,27H,10-15,17-18H2,1H3. The Hall–Kier alpha value is -1.93. The highest BCUT2D eigenvalue weighted by atomic mass is 32.2. The van der Waals surface area contributed by atoms with Gasteiger partial charge in [0, 0.05) is 44.3 Å². The van der Waals surface area contributed by atoms with Crippen molar-refractivity contribution in [3.63, 3.8) is 0 Å². The summed E-state index contributed by atoms with van der Waals surface area (Å²) in [5.74, 6) is 0.212. The van der Waals surface area contributed by atoms with Crippen LogP contribution in [0.25, 0.3) is 0 Å². The summed E-state index contributed by atoms with van der Waals surface area (Å²) in [6, 6.07) is 17.8. The summed E-state index contributed by atoms with van der Waals surface area (Å²) in [5.41, 5.74) is 1.74. The number of piperidine rings is 1. The van der Waals surface area contributed by atoms with Gasteiger partial charge in [0.2, 0.25) is 10.0 Å². The number of hydrogen-bond donors (Lipinski definition) is 2. The Morgan fingerprint density at radius 3 is 2.48 bits per heavy atom. The van der Waals surface area contributed by atoms with E-state index in [0.29, 0.717) is 5.69 Å². The maximum absolute atomic E-state index is 12.2. The van der Waals surface area contributed by atoms with E-state index < -0.39 is 15.6 Å². The zero-order valence-electron chi connectivity index (χ0n) is 18.0. The number of anilines is 1. The number of fused-ring (bicyclic) bond motifs is 2. The second-order valence-electron chi connectivity index (χ2n) is 8.79. The summed E-state index contributed by atoms with van der Waals surface area (Å²) in [6.45, 7) is 2.86. The molecule has 1 aliphatic carbocycles. The Balaban J connectivity index is 1.45. The first-order chi connectivity index (χ1) is 14.9. The molecule has 0 aromatic heterocycles. The lowest BCUT2D eigenvalue weighted by Crippen LogP contribution is -2.52. The van der Waals surface area contributed by atoms with E-state index in [1.54, 1.807) is 12.1 Å². The fourth-order valence-corrected chi connectivity index (χ4v) is 6.15. The summed E-state index contributed by atoms with van der Waals surface area (Å²) in [4.78, 5) is 2.47. The highest BCUT2D eigenvalue weighted by Crippen LogP contribution is 2.51. The first-order valence-electron chi connectivity index (χ1n) is 11.0. The van der Waals surface area contributed by atoms with Crippen molar-refractivity contribution < 1.29 is 18.3 Å². The van der Waals surface area contributed by atoms with Crippen LogP contribution in [-0.4, -0.2) is 57.5 Å².